The average Bonchev–Trinajstić information content (AvgIpc) is 3.07. The van der Waals surface area contributed by atoms with Crippen molar-refractivity contribution in [2.75, 3.05) is 6.54 Å². The molecule has 5 nitrogen and oxygen atoms in total. The second-order valence-electron chi connectivity index (χ2n) is 5.22. The molecule has 0 atom stereocenters. The number of ether oxygens (including phenoxy) is 1. The first-order chi connectivity index (χ1) is 12.2. The first-order valence-corrected chi connectivity index (χ1v) is 8.53. The minimum absolute atomic E-state index is 0.171. The van der Waals surface area contributed by atoms with Crippen LogP contribution >= 0.6 is 11.3 Å². The van der Waals surface area contributed by atoms with E-state index in [1.807, 2.05) is 54.6 Å². The number of para-hydroxylation sites is 1. The molecule has 0 aliphatic heterocycles. The third-order valence-corrected chi connectivity index (χ3v) is 4.34. The standard InChI is InChI=1S/C19H16N2O3S/c22-17(10-11-18-21-15-8-4-5-9-16(15)25-18)20-12-19(23)24-13-14-6-2-1-3-7-14/h1-11H,12-13H2,(H,20,22). The van der Waals surface area contributed by atoms with Crippen LogP contribution in [0, 0.1) is 0 Å². The summed E-state index contributed by atoms with van der Waals surface area (Å²) in [5.41, 5.74) is 1.80. The number of rotatable bonds is 6. The van der Waals surface area contributed by atoms with E-state index >= 15 is 0 Å². The van der Waals surface area contributed by atoms with Gasteiger partial charge in [-0.3, -0.25) is 9.59 Å². The zero-order chi connectivity index (χ0) is 17.5. The molecule has 1 N–H and O–H groups in total. The van der Waals surface area contributed by atoms with Crippen LogP contribution in [0.2, 0.25) is 0 Å². The lowest BCUT2D eigenvalue weighted by Crippen LogP contribution is -2.29. The number of benzene rings is 2. The maximum Gasteiger partial charge on any atom is 0.325 e. The van der Waals surface area contributed by atoms with Gasteiger partial charge in [-0.25, -0.2) is 4.98 Å². The van der Waals surface area contributed by atoms with Gasteiger partial charge in [0.1, 0.15) is 18.2 Å². The second kappa shape index (κ2) is 8.21. The van der Waals surface area contributed by atoms with E-state index in [0.717, 1.165) is 20.8 Å². The summed E-state index contributed by atoms with van der Waals surface area (Å²) in [5.74, 6) is -0.846. The Labute approximate surface area is 149 Å². The molecule has 3 aromatic rings. The van der Waals surface area contributed by atoms with Gasteiger partial charge in [-0.15, -0.1) is 11.3 Å². The second-order valence-corrected chi connectivity index (χ2v) is 6.28. The van der Waals surface area contributed by atoms with Gasteiger partial charge in [0.25, 0.3) is 0 Å². The van der Waals surface area contributed by atoms with E-state index in [0.29, 0.717) is 0 Å². The third kappa shape index (κ3) is 4.99. The largest absolute Gasteiger partial charge is 0.460 e. The van der Waals surface area contributed by atoms with Crippen molar-refractivity contribution in [3.8, 4) is 0 Å². The molecule has 3 rings (SSSR count). The Kier molecular flexibility index (Phi) is 5.53. The van der Waals surface area contributed by atoms with Crippen molar-refractivity contribution in [2.24, 2.45) is 0 Å². The molecule has 2 aromatic carbocycles. The Morgan fingerprint density at radius 3 is 2.64 bits per heavy atom. The monoisotopic (exact) mass is 352 g/mol. The summed E-state index contributed by atoms with van der Waals surface area (Å²) in [5, 5.41) is 3.24. The lowest BCUT2D eigenvalue weighted by molar-refractivity contribution is -0.144. The zero-order valence-corrected chi connectivity index (χ0v) is 14.2. The van der Waals surface area contributed by atoms with Crippen molar-refractivity contribution in [1.29, 1.82) is 0 Å². The summed E-state index contributed by atoms with van der Waals surface area (Å²) in [6.07, 6.45) is 3.00. The molecule has 126 valence electrons. The number of nitrogens with zero attached hydrogens (tertiary/aromatic N) is 1. The van der Waals surface area contributed by atoms with E-state index in [4.69, 9.17) is 4.74 Å². The van der Waals surface area contributed by atoms with Crippen LogP contribution in [0.5, 0.6) is 0 Å². The molecule has 0 saturated heterocycles. The quantitative estimate of drug-likeness (QED) is 0.546. The Bertz CT molecular complexity index is 870. The minimum atomic E-state index is -0.481. The van der Waals surface area contributed by atoms with Crippen LogP contribution < -0.4 is 5.32 Å². The van der Waals surface area contributed by atoms with Crippen molar-refractivity contribution in [2.45, 2.75) is 6.61 Å². The van der Waals surface area contributed by atoms with E-state index in [2.05, 4.69) is 10.3 Å². The molecule has 0 spiro atoms. The van der Waals surface area contributed by atoms with E-state index in [-0.39, 0.29) is 19.1 Å². The smallest absolute Gasteiger partial charge is 0.325 e. The van der Waals surface area contributed by atoms with E-state index in [1.54, 1.807) is 6.08 Å². The van der Waals surface area contributed by atoms with Crippen LogP contribution in [0.15, 0.2) is 60.7 Å². The summed E-state index contributed by atoms with van der Waals surface area (Å²) >= 11 is 1.50. The maximum absolute atomic E-state index is 11.8. The number of amides is 1. The van der Waals surface area contributed by atoms with Crippen molar-refractivity contribution in [3.63, 3.8) is 0 Å². The normalized spacial score (nSPS) is 10.9. The molecule has 0 radical (unpaired) electrons. The number of carbonyl (C=O) groups excluding carboxylic acids is 2. The topological polar surface area (TPSA) is 68.3 Å². The number of fused-ring (bicyclic) bond motifs is 1. The van der Waals surface area contributed by atoms with Crippen LogP contribution in [0.3, 0.4) is 0 Å². The number of esters is 1. The first kappa shape index (κ1) is 16.9. The van der Waals surface area contributed by atoms with E-state index < -0.39 is 5.97 Å². The predicted octanol–water partition coefficient (Wildman–Crippen LogP) is 3.17. The molecule has 0 fully saturated rings. The molecule has 6 heteroatoms. The predicted molar refractivity (Wildman–Crippen MR) is 97.9 cm³/mol. The maximum atomic E-state index is 11.8. The highest BCUT2D eigenvalue weighted by Crippen LogP contribution is 2.22. The summed E-state index contributed by atoms with van der Waals surface area (Å²) < 4.78 is 6.16. The number of nitrogens with one attached hydrogen (secondary N) is 1. The molecule has 1 heterocycles. The van der Waals surface area contributed by atoms with Gasteiger partial charge < -0.3 is 10.1 Å². The molecule has 0 unspecified atom stereocenters. The molecular weight excluding hydrogens is 336 g/mol. The molecule has 0 saturated carbocycles. The number of hydrogen-bond acceptors (Lipinski definition) is 5. The van der Waals surface area contributed by atoms with Crippen LogP contribution in [-0.4, -0.2) is 23.4 Å². The van der Waals surface area contributed by atoms with Crippen LogP contribution in [-0.2, 0) is 20.9 Å². The lowest BCUT2D eigenvalue weighted by atomic mass is 10.2. The van der Waals surface area contributed by atoms with Crippen molar-refractivity contribution >= 4 is 39.5 Å². The minimum Gasteiger partial charge on any atom is -0.460 e. The SMILES string of the molecule is O=C(C=Cc1nc2ccccc2s1)NCC(=O)OCc1ccccc1. The molecule has 25 heavy (non-hydrogen) atoms. The molecule has 1 aromatic heterocycles. The highest BCUT2D eigenvalue weighted by atomic mass is 32.1. The van der Waals surface area contributed by atoms with Gasteiger partial charge in [0.15, 0.2) is 0 Å². The number of aromatic nitrogens is 1. The van der Waals surface area contributed by atoms with Crippen LogP contribution in [0.25, 0.3) is 16.3 Å². The van der Waals surface area contributed by atoms with Gasteiger partial charge in [-0.1, -0.05) is 42.5 Å². The van der Waals surface area contributed by atoms with Crippen molar-refractivity contribution in [3.05, 3.63) is 71.2 Å². The average molecular weight is 352 g/mol. The zero-order valence-electron chi connectivity index (χ0n) is 13.3. The fourth-order valence-corrected chi connectivity index (χ4v) is 2.99. The van der Waals surface area contributed by atoms with E-state index in [9.17, 15) is 9.59 Å². The highest BCUT2D eigenvalue weighted by molar-refractivity contribution is 7.19. The summed E-state index contributed by atoms with van der Waals surface area (Å²) in [6.45, 7) is 0.0208. The van der Waals surface area contributed by atoms with Gasteiger partial charge in [0.2, 0.25) is 5.91 Å². The van der Waals surface area contributed by atoms with Crippen LogP contribution in [0.4, 0.5) is 0 Å². The Hall–Kier alpha value is -2.99. The van der Waals surface area contributed by atoms with Crippen molar-refractivity contribution < 1.29 is 14.3 Å². The first-order valence-electron chi connectivity index (χ1n) is 7.72. The fraction of sp³-hybridized carbons (Fsp3) is 0.105. The van der Waals surface area contributed by atoms with Gasteiger partial charge in [0.05, 0.1) is 10.2 Å². The fourth-order valence-electron chi connectivity index (χ4n) is 2.12. The third-order valence-electron chi connectivity index (χ3n) is 3.34. The van der Waals surface area contributed by atoms with Gasteiger partial charge in [-0.2, -0.15) is 0 Å². The molecule has 0 bridgehead atoms. The number of thiazole rings is 1. The summed E-state index contributed by atoms with van der Waals surface area (Å²) in [4.78, 5) is 27.8. The van der Waals surface area contributed by atoms with Gasteiger partial charge >= 0.3 is 5.97 Å². The highest BCUT2D eigenvalue weighted by Gasteiger charge is 2.05. The Morgan fingerprint density at radius 1 is 1.08 bits per heavy atom. The molecular formula is C19H16N2O3S. The Balaban J connectivity index is 1.45. The van der Waals surface area contributed by atoms with E-state index in [1.165, 1.54) is 17.4 Å². The molecule has 1 amide bonds. The van der Waals surface area contributed by atoms with Crippen molar-refractivity contribution in [1.82, 2.24) is 10.3 Å². The summed E-state index contributed by atoms with van der Waals surface area (Å²) in [7, 11) is 0. The molecule has 0 aliphatic rings. The number of hydrogen-bond donors (Lipinski definition) is 1. The number of carbonyl (C=O) groups is 2. The van der Waals surface area contributed by atoms with Gasteiger partial charge in [-0.05, 0) is 23.8 Å². The lowest BCUT2D eigenvalue weighted by Gasteiger charge is -2.05. The van der Waals surface area contributed by atoms with Crippen LogP contribution in [0.1, 0.15) is 10.6 Å². The summed E-state index contributed by atoms with van der Waals surface area (Å²) in [6, 6.07) is 17.1. The molecule has 0 aliphatic carbocycles. The Morgan fingerprint density at radius 2 is 1.84 bits per heavy atom. The van der Waals surface area contributed by atoms with Gasteiger partial charge in [0, 0.05) is 6.08 Å².